The second-order valence-electron chi connectivity index (χ2n) is 7.96. The molecule has 2 saturated heterocycles. The Morgan fingerprint density at radius 1 is 1.28 bits per heavy atom. The van der Waals surface area contributed by atoms with Gasteiger partial charge >= 0.3 is 0 Å². The summed E-state index contributed by atoms with van der Waals surface area (Å²) >= 11 is 0. The van der Waals surface area contributed by atoms with Crippen LogP contribution in [0.2, 0.25) is 0 Å². The van der Waals surface area contributed by atoms with E-state index >= 15 is 0 Å². The maximum absolute atomic E-state index is 10.8. The summed E-state index contributed by atoms with van der Waals surface area (Å²) in [7, 11) is 0. The zero-order valence-electron chi connectivity index (χ0n) is 17.3. The van der Waals surface area contributed by atoms with Crippen molar-refractivity contribution in [1.82, 2.24) is 15.5 Å². The number of ether oxygens (including phenoxy) is 1. The van der Waals surface area contributed by atoms with E-state index in [1.54, 1.807) is 12.1 Å². The van der Waals surface area contributed by atoms with Crippen LogP contribution in [0, 0.1) is 16.0 Å². The minimum Gasteiger partial charge on any atom is -0.381 e. The van der Waals surface area contributed by atoms with Gasteiger partial charge in [-0.15, -0.1) is 0 Å². The number of guanidine groups is 1. The van der Waals surface area contributed by atoms with Crippen LogP contribution in [0.3, 0.4) is 0 Å². The van der Waals surface area contributed by atoms with Crippen molar-refractivity contribution >= 4 is 11.6 Å². The Kier molecular flexibility index (Phi) is 8.25. The number of non-ortho nitro benzene ring substituents is 1. The fourth-order valence-electron chi connectivity index (χ4n) is 3.84. The van der Waals surface area contributed by atoms with Crippen LogP contribution in [0.5, 0.6) is 0 Å². The van der Waals surface area contributed by atoms with Gasteiger partial charge in [0, 0.05) is 50.3 Å². The van der Waals surface area contributed by atoms with E-state index in [2.05, 4.69) is 22.5 Å². The van der Waals surface area contributed by atoms with Crippen molar-refractivity contribution in [3.8, 4) is 0 Å². The molecule has 160 valence electrons. The number of piperidine rings is 1. The number of nitro groups is 1. The predicted octanol–water partition coefficient (Wildman–Crippen LogP) is 2.54. The molecule has 2 heterocycles. The van der Waals surface area contributed by atoms with E-state index < -0.39 is 0 Å². The molecule has 1 unspecified atom stereocenters. The quantitative estimate of drug-likeness (QED) is 0.300. The van der Waals surface area contributed by atoms with E-state index in [1.807, 2.05) is 0 Å². The normalized spacial score (nSPS) is 21.3. The number of likely N-dealkylation sites (tertiary alicyclic amines) is 1. The first-order chi connectivity index (χ1) is 14.1. The maximum Gasteiger partial charge on any atom is 0.269 e. The minimum atomic E-state index is -0.379. The zero-order valence-corrected chi connectivity index (χ0v) is 17.3. The molecule has 0 spiro atoms. The van der Waals surface area contributed by atoms with Crippen LogP contribution in [-0.4, -0.2) is 61.2 Å². The lowest BCUT2D eigenvalue weighted by molar-refractivity contribution is -0.384. The third kappa shape index (κ3) is 6.97. The van der Waals surface area contributed by atoms with Crippen molar-refractivity contribution in [1.29, 1.82) is 0 Å². The monoisotopic (exact) mass is 403 g/mol. The highest BCUT2D eigenvalue weighted by Gasteiger charge is 2.21. The molecule has 0 amide bonds. The van der Waals surface area contributed by atoms with E-state index in [9.17, 15) is 10.1 Å². The Morgan fingerprint density at radius 3 is 2.66 bits per heavy atom. The van der Waals surface area contributed by atoms with Crippen LogP contribution in [0.15, 0.2) is 29.3 Å². The summed E-state index contributed by atoms with van der Waals surface area (Å²) in [4.78, 5) is 17.7. The molecule has 0 radical (unpaired) electrons. The average Bonchev–Trinajstić information content (AvgIpc) is 3.25. The molecule has 29 heavy (non-hydrogen) atoms. The number of hydrogen-bond acceptors (Lipinski definition) is 5. The van der Waals surface area contributed by atoms with Gasteiger partial charge < -0.3 is 20.3 Å². The summed E-state index contributed by atoms with van der Waals surface area (Å²) < 4.78 is 5.47. The van der Waals surface area contributed by atoms with Crippen LogP contribution in [0.4, 0.5) is 5.69 Å². The molecule has 0 bridgehead atoms. The second-order valence-corrected chi connectivity index (χ2v) is 7.96. The molecule has 1 aromatic rings. The average molecular weight is 404 g/mol. The first-order valence-electron chi connectivity index (χ1n) is 10.7. The Bertz CT molecular complexity index is 665. The van der Waals surface area contributed by atoms with Crippen molar-refractivity contribution < 1.29 is 9.66 Å². The van der Waals surface area contributed by atoms with E-state index in [-0.39, 0.29) is 10.6 Å². The fourth-order valence-corrected chi connectivity index (χ4v) is 3.84. The van der Waals surface area contributed by atoms with Crippen molar-refractivity contribution in [3.05, 3.63) is 39.9 Å². The number of benzene rings is 1. The van der Waals surface area contributed by atoms with Crippen LogP contribution >= 0.6 is 0 Å². The third-order valence-electron chi connectivity index (χ3n) is 5.62. The van der Waals surface area contributed by atoms with Gasteiger partial charge in [-0.2, -0.15) is 0 Å². The summed E-state index contributed by atoms with van der Waals surface area (Å²) in [5, 5.41) is 17.9. The summed E-state index contributed by atoms with van der Waals surface area (Å²) in [5.41, 5.74) is 1.06. The molecule has 8 heteroatoms. The van der Waals surface area contributed by atoms with E-state index in [1.165, 1.54) is 25.1 Å². The Morgan fingerprint density at radius 2 is 2.03 bits per heavy atom. The molecular weight excluding hydrogens is 370 g/mol. The van der Waals surface area contributed by atoms with Crippen molar-refractivity contribution in [2.24, 2.45) is 10.9 Å². The van der Waals surface area contributed by atoms with Gasteiger partial charge in [0.05, 0.1) is 18.1 Å². The number of hydrogen-bond donors (Lipinski definition) is 2. The lowest BCUT2D eigenvalue weighted by atomic mass is 10.1. The molecule has 0 saturated carbocycles. The molecule has 8 nitrogen and oxygen atoms in total. The van der Waals surface area contributed by atoms with Crippen LogP contribution < -0.4 is 10.6 Å². The van der Waals surface area contributed by atoms with Gasteiger partial charge in [0.15, 0.2) is 5.96 Å². The van der Waals surface area contributed by atoms with Gasteiger partial charge in [-0.3, -0.25) is 10.1 Å². The molecular formula is C21H33N5O3. The van der Waals surface area contributed by atoms with Crippen molar-refractivity contribution in [2.75, 3.05) is 39.4 Å². The molecule has 2 aliphatic rings. The van der Waals surface area contributed by atoms with Crippen molar-refractivity contribution in [3.63, 3.8) is 0 Å². The van der Waals surface area contributed by atoms with Crippen LogP contribution in [0.1, 0.15) is 38.2 Å². The van der Waals surface area contributed by atoms with E-state index in [0.29, 0.717) is 18.5 Å². The number of nitrogens with zero attached hydrogens (tertiary/aromatic N) is 3. The summed E-state index contributed by atoms with van der Waals surface area (Å²) in [6, 6.07) is 7.03. The predicted molar refractivity (Wildman–Crippen MR) is 114 cm³/mol. The van der Waals surface area contributed by atoms with Crippen molar-refractivity contribution in [2.45, 2.75) is 45.2 Å². The number of nitrogens with one attached hydrogen (secondary N) is 2. The Labute approximate surface area is 172 Å². The summed E-state index contributed by atoms with van der Waals surface area (Å²) in [6.07, 6.45) is 4.51. The molecule has 1 aromatic carbocycles. The highest BCUT2D eigenvalue weighted by Crippen LogP contribution is 2.14. The smallest absolute Gasteiger partial charge is 0.269 e. The maximum atomic E-state index is 10.8. The first-order valence-corrected chi connectivity index (χ1v) is 10.7. The van der Waals surface area contributed by atoms with Gasteiger partial charge in [-0.05, 0) is 37.8 Å². The van der Waals surface area contributed by atoms with Gasteiger partial charge in [0.2, 0.25) is 0 Å². The zero-order chi connectivity index (χ0) is 20.5. The largest absolute Gasteiger partial charge is 0.381 e. The Hall–Kier alpha value is -2.19. The minimum absolute atomic E-state index is 0.106. The van der Waals surface area contributed by atoms with Gasteiger partial charge in [-0.25, -0.2) is 4.99 Å². The molecule has 2 N–H and O–H groups in total. The van der Waals surface area contributed by atoms with E-state index in [0.717, 1.165) is 63.6 Å². The molecule has 1 atom stereocenters. The first kappa shape index (κ1) is 21.5. The van der Waals surface area contributed by atoms with Gasteiger partial charge in [0.1, 0.15) is 0 Å². The standard InChI is InChI=1S/C21H33N5O3/c1-2-10-25-11-7-19(8-12-25)24-21(23-15-18-9-13-29-16-18)22-14-17-3-5-20(6-4-17)26(27)28/h3-6,18-19H,2,7-16H2,1H3,(H2,22,23,24). The summed E-state index contributed by atoms with van der Waals surface area (Å²) in [5.74, 6) is 1.34. The lowest BCUT2D eigenvalue weighted by Crippen LogP contribution is -2.49. The highest BCUT2D eigenvalue weighted by molar-refractivity contribution is 5.80. The molecule has 0 aliphatic carbocycles. The second kappa shape index (κ2) is 11.1. The van der Waals surface area contributed by atoms with Crippen LogP contribution in [0.25, 0.3) is 0 Å². The van der Waals surface area contributed by atoms with Gasteiger partial charge in [0.25, 0.3) is 5.69 Å². The molecule has 2 aliphatic heterocycles. The van der Waals surface area contributed by atoms with Crippen LogP contribution in [-0.2, 0) is 11.3 Å². The number of aliphatic imine (C=N–C) groups is 1. The number of rotatable bonds is 8. The topological polar surface area (TPSA) is 92.0 Å². The summed E-state index contributed by atoms with van der Waals surface area (Å²) in [6.45, 7) is 8.62. The number of nitro benzene ring substituents is 1. The lowest BCUT2D eigenvalue weighted by Gasteiger charge is -2.33. The third-order valence-corrected chi connectivity index (χ3v) is 5.62. The fraction of sp³-hybridized carbons (Fsp3) is 0.667. The molecule has 2 fully saturated rings. The molecule has 0 aromatic heterocycles. The molecule has 3 rings (SSSR count). The van der Waals surface area contributed by atoms with E-state index in [4.69, 9.17) is 9.73 Å². The SMILES string of the molecule is CCCN1CCC(NC(=NCc2ccc([N+](=O)[O-])cc2)NCC2CCOC2)CC1. The van der Waals surface area contributed by atoms with Gasteiger partial charge in [-0.1, -0.05) is 19.1 Å². The highest BCUT2D eigenvalue weighted by atomic mass is 16.6. The Balaban J connectivity index is 1.57.